The maximum Gasteiger partial charge on any atom is 0.252 e. The molecule has 15 aromatic carbocycles. The van der Waals surface area contributed by atoms with Gasteiger partial charge >= 0.3 is 0 Å². The van der Waals surface area contributed by atoms with Crippen molar-refractivity contribution < 1.29 is 0 Å². The zero-order valence-corrected chi connectivity index (χ0v) is 52.3. The Balaban J connectivity index is 0.916. The Hall–Kier alpha value is -12.2. The van der Waals surface area contributed by atoms with Crippen molar-refractivity contribution in [3.8, 4) is 72.4 Å². The molecule has 2 spiro atoms. The molecule has 0 saturated carbocycles. The minimum atomic E-state index is -0.667. The van der Waals surface area contributed by atoms with Crippen molar-refractivity contribution in [1.82, 2.24) is 4.57 Å². The molecule has 0 radical (unpaired) electrons. The van der Waals surface area contributed by atoms with E-state index < -0.39 is 10.8 Å². The maximum absolute atomic E-state index is 2.72. The number of rotatable bonds is 5. The molecule has 0 amide bonds. The highest BCUT2D eigenvalue weighted by atomic mass is 15.2. The minimum absolute atomic E-state index is 0.258. The number of para-hydroxylation sites is 2. The van der Waals surface area contributed by atoms with Gasteiger partial charge in [-0.1, -0.05) is 279 Å². The number of fused-ring (bicyclic) bond motifs is 28. The zero-order chi connectivity index (χ0) is 62.5. The smallest absolute Gasteiger partial charge is 0.252 e. The van der Waals surface area contributed by atoms with Crippen LogP contribution in [0, 0.1) is 0 Å². The van der Waals surface area contributed by atoms with Crippen molar-refractivity contribution >= 4 is 79.0 Å². The maximum atomic E-state index is 2.72. The van der Waals surface area contributed by atoms with Gasteiger partial charge in [-0.2, -0.15) is 0 Å². The molecule has 0 unspecified atom stereocenters. The summed E-state index contributed by atoms with van der Waals surface area (Å²) in [6, 6.07) is 130. The van der Waals surface area contributed by atoms with Gasteiger partial charge in [0, 0.05) is 44.9 Å². The Morgan fingerprint density at radius 3 is 1.15 bits per heavy atom. The van der Waals surface area contributed by atoms with Gasteiger partial charge in [0.15, 0.2) is 0 Å². The third-order valence-corrected chi connectivity index (χ3v) is 22.6. The van der Waals surface area contributed by atoms with Gasteiger partial charge in [0.25, 0.3) is 6.71 Å². The quantitative estimate of drug-likeness (QED) is 0.159. The monoisotopic (exact) mass is 1210 g/mol. The molecular weight excluding hydrogens is 1160 g/mol. The third-order valence-electron chi connectivity index (χ3n) is 22.6. The lowest BCUT2D eigenvalue weighted by Crippen LogP contribution is -2.63. The van der Waals surface area contributed by atoms with E-state index in [1.807, 2.05) is 0 Å². The van der Waals surface area contributed by atoms with Gasteiger partial charge < -0.3 is 14.4 Å². The van der Waals surface area contributed by atoms with Gasteiger partial charge in [-0.3, -0.25) is 0 Å². The third kappa shape index (κ3) is 6.58. The molecule has 2 aliphatic heterocycles. The highest BCUT2D eigenvalue weighted by Crippen LogP contribution is 2.66. The SMILES string of the molecule is c1ccc(-c2ccc(N3c4ccc(-c5ccccc5)cc4B4c5c3cc(-n3c6ccccc6c6ccccc63)cc5N(c3ccc5c(c3)C3(c6ccccc6-c6ccccc63)c3ccccc3-5)c3ccc5c(c34)C3(c4ccccc4-c4ccccc43)c3ccccc3-5)cc2)cc1. The van der Waals surface area contributed by atoms with Gasteiger partial charge in [0.05, 0.1) is 27.6 Å². The van der Waals surface area contributed by atoms with E-state index >= 15 is 0 Å². The van der Waals surface area contributed by atoms with E-state index in [9.17, 15) is 0 Å². The fourth-order valence-corrected chi connectivity index (χ4v) is 19.0. The van der Waals surface area contributed by atoms with Crippen LogP contribution in [0.15, 0.2) is 340 Å². The number of nitrogens with zero attached hydrogens (tertiary/aromatic N) is 3. The van der Waals surface area contributed by atoms with Crippen molar-refractivity contribution in [1.29, 1.82) is 0 Å². The first-order valence-corrected chi connectivity index (χ1v) is 33.7. The van der Waals surface area contributed by atoms with Crippen molar-refractivity contribution in [3.63, 3.8) is 0 Å². The topological polar surface area (TPSA) is 11.4 Å². The molecule has 0 saturated heterocycles. The number of aromatic nitrogens is 1. The normalized spacial score (nSPS) is 14.4. The molecule has 6 aliphatic rings. The minimum Gasteiger partial charge on any atom is -0.311 e. The molecule has 16 aromatic rings. The number of anilines is 6. The first-order valence-electron chi connectivity index (χ1n) is 33.7. The fraction of sp³-hybridized carbons (Fsp3) is 0.0217. The molecule has 0 N–H and O–H groups in total. The summed E-state index contributed by atoms with van der Waals surface area (Å²) in [6.07, 6.45) is 0. The lowest BCUT2D eigenvalue weighted by molar-refractivity contribution is 0.793. The van der Waals surface area contributed by atoms with Crippen LogP contribution in [-0.2, 0) is 10.8 Å². The van der Waals surface area contributed by atoms with E-state index in [1.54, 1.807) is 0 Å². The number of benzene rings is 15. The Bertz CT molecular complexity index is 5880. The van der Waals surface area contributed by atoms with Crippen LogP contribution < -0.4 is 26.2 Å². The van der Waals surface area contributed by atoms with Crippen LogP contribution in [0.5, 0.6) is 0 Å². The van der Waals surface area contributed by atoms with Crippen LogP contribution in [0.25, 0.3) is 94.3 Å². The molecule has 3 nitrogen and oxygen atoms in total. The second-order valence-corrected chi connectivity index (χ2v) is 26.8. The molecule has 96 heavy (non-hydrogen) atoms. The van der Waals surface area contributed by atoms with Crippen molar-refractivity contribution in [2.75, 3.05) is 9.80 Å². The Kier molecular flexibility index (Phi) is 10.5. The summed E-state index contributed by atoms with van der Waals surface area (Å²) in [5, 5.41) is 2.45. The molecule has 22 rings (SSSR count). The Morgan fingerprint density at radius 1 is 0.229 bits per heavy atom. The van der Waals surface area contributed by atoms with Gasteiger partial charge in [-0.05, 0) is 188 Å². The number of hydrogen-bond donors (Lipinski definition) is 0. The van der Waals surface area contributed by atoms with Gasteiger partial charge in [-0.15, -0.1) is 0 Å². The average Bonchev–Trinajstić information content (AvgIpc) is 1.31. The summed E-state index contributed by atoms with van der Waals surface area (Å²) < 4.78 is 2.54. The summed E-state index contributed by atoms with van der Waals surface area (Å²) in [4.78, 5) is 5.33. The highest BCUT2D eigenvalue weighted by Gasteiger charge is 2.57. The lowest BCUT2D eigenvalue weighted by atomic mass is 9.32. The standard InChI is InChI=1S/C92H56BN3/c1-3-23-57(24-4-1)59-43-46-61(47-44-59)94-84-51-45-60(58-25-5-2-6-26-58)53-81(84)93-89-86(94)55-63(96-82-41-21-13-33-71(82)72-34-14-22-42-83(72)96)56-87(89)95(62-48-49-70-68-31-9-17-37-76(68)91(80(70)54-62)74-35-15-7-27-64(74)65-28-8-16-36-75(65)91)85-52-50-73-69-32-12-20-40-79(69)92(88(73)90(85)93)77-38-18-10-29-66(77)67-30-11-19-39-78(67)92/h1-56H. The zero-order valence-electron chi connectivity index (χ0n) is 52.3. The summed E-state index contributed by atoms with van der Waals surface area (Å²) in [6.45, 7) is -0.258. The number of hydrogen-bond acceptors (Lipinski definition) is 2. The molecule has 0 atom stereocenters. The Labute approximate surface area is 557 Å². The van der Waals surface area contributed by atoms with Crippen molar-refractivity contribution in [2.24, 2.45) is 0 Å². The molecule has 4 heteroatoms. The van der Waals surface area contributed by atoms with Crippen LogP contribution in [0.3, 0.4) is 0 Å². The van der Waals surface area contributed by atoms with E-state index in [0.717, 1.165) is 34.1 Å². The molecule has 442 valence electrons. The predicted octanol–water partition coefficient (Wildman–Crippen LogP) is 20.9. The van der Waals surface area contributed by atoms with E-state index in [2.05, 4.69) is 354 Å². The van der Waals surface area contributed by atoms with E-state index in [4.69, 9.17) is 0 Å². The van der Waals surface area contributed by atoms with Crippen LogP contribution in [0.1, 0.15) is 44.5 Å². The van der Waals surface area contributed by atoms with Crippen molar-refractivity contribution in [2.45, 2.75) is 10.8 Å². The molecule has 1 aromatic heterocycles. The van der Waals surface area contributed by atoms with Crippen LogP contribution in [-0.4, -0.2) is 11.3 Å². The Morgan fingerprint density at radius 2 is 0.615 bits per heavy atom. The van der Waals surface area contributed by atoms with Gasteiger partial charge in [-0.25, -0.2) is 0 Å². The second kappa shape index (κ2) is 19.2. The van der Waals surface area contributed by atoms with E-state index in [0.29, 0.717) is 0 Å². The summed E-state index contributed by atoms with van der Waals surface area (Å²) >= 11 is 0. The van der Waals surface area contributed by atoms with Crippen LogP contribution in [0.2, 0.25) is 0 Å². The lowest BCUT2D eigenvalue weighted by Gasteiger charge is -2.46. The van der Waals surface area contributed by atoms with Gasteiger partial charge in [0.2, 0.25) is 0 Å². The summed E-state index contributed by atoms with van der Waals surface area (Å²) in [5.74, 6) is 0. The van der Waals surface area contributed by atoms with E-state index in [1.165, 1.54) is 155 Å². The second-order valence-electron chi connectivity index (χ2n) is 26.8. The summed E-state index contributed by atoms with van der Waals surface area (Å²) in [7, 11) is 0. The van der Waals surface area contributed by atoms with Crippen LogP contribution >= 0.6 is 0 Å². The first-order chi connectivity index (χ1) is 47.7. The molecule has 0 fully saturated rings. The first kappa shape index (κ1) is 52.3. The van der Waals surface area contributed by atoms with Crippen LogP contribution in [0.4, 0.5) is 34.1 Å². The molecule has 3 heterocycles. The molecule has 4 aliphatic carbocycles. The van der Waals surface area contributed by atoms with Crippen molar-refractivity contribution in [3.05, 3.63) is 384 Å². The average molecular weight is 1210 g/mol. The van der Waals surface area contributed by atoms with Gasteiger partial charge in [0.1, 0.15) is 0 Å². The molecule has 0 bridgehead atoms. The predicted molar refractivity (Wildman–Crippen MR) is 398 cm³/mol. The highest BCUT2D eigenvalue weighted by molar-refractivity contribution is 7.01. The van der Waals surface area contributed by atoms with E-state index in [-0.39, 0.29) is 6.71 Å². The fourth-order valence-electron chi connectivity index (χ4n) is 19.0. The summed E-state index contributed by atoms with van der Waals surface area (Å²) in [5.41, 5.74) is 38.6. The largest absolute Gasteiger partial charge is 0.311 e. The molecular formula is C92H56BN3.